The van der Waals surface area contributed by atoms with Crippen molar-refractivity contribution in [3.8, 4) is 0 Å². The van der Waals surface area contributed by atoms with Gasteiger partial charge in [-0.3, -0.25) is 9.59 Å². The quantitative estimate of drug-likeness (QED) is 0.625. The number of likely N-dealkylation sites (tertiary alicyclic amines) is 1. The van der Waals surface area contributed by atoms with Crippen LogP contribution in [-0.4, -0.2) is 69.6 Å². The molecule has 4 atom stereocenters. The van der Waals surface area contributed by atoms with Crippen molar-refractivity contribution in [1.82, 2.24) is 19.4 Å². The number of carbonyl (C=O) groups excluding carboxylic acids is 2. The molecule has 3 aliphatic heterocycles. The van der Waals surface area contributed by atoms with Crippen LogP contribution in [0.3, 0.4) is 0 Å². The van der Waals surface area contributed by atoms with Crippen molar-refractivity contribution in [3.63, 3.8) is 0 Å². The van der Waals surface area contributed by atoms with E-state index < -0.39 is 17.4 Å². The highest BCUT2D eigenvalue weighted by Crippen LogP contribution is 2.52. The number of rotatable bonds is 8. The second-order valence-corrected chi connectivity index (χ2v) is 8.73. The van der Waals surface area contributed by atoms with E-state index in [2.05, 4.69) is 18.8 Å². The Labute approximate surface area is 172 Å². The fraction of sp³-hybridized carbons (Fsp3) is 0.682. The summed E-state index contributed by atoms with van der Waals surface area (Å²) in [6.45, 7) is 8.87. The Morgan fingerprint density at radius 2 is 2.17 bits per heavy atom. The number of nitrogens with zero attached hydrogens (tertiary/aromatic N) is 4. The molecule has 0 radical (unpaired) electrons. The first-order chi connectivity index (χ1) is 13.9. The summed E-state index contributed by atoms with van der Waals surface area (Å²) in [4.78, 5) is 34.5. The first-order valence-electron chi connectivity index (χ1n) is 10.8. The van der Waals surface area contributed by atoms with Crippen molar-refractivity contribution in [2.75, 3.05) is 26.7 Å². The Morgan fingerprint density at radius 3 is 2.83 bits per heavy atom. The third-order valence-electron chi connectivity index (χ3n) is 7.07. The van der Waals surface area contributed by atoms with Crippen molar-refractivity contribution in [3.05, 3.63) is 30.4 Å². The van der Waals surface area contributed by atoms with Crippen molar-refractivity contribution in [1.29, 1.82) is 0 Å². The van der Waals surface area contributed by atoms with E-state index in [4.69, 9.17) is 4.74 Å². The van der Waals surface area contributed by atoms with Gasteiger partial charge in [0.2, 0.25) is 11.8 Å². The number of aryl methyl sites for hydroxylation is 1. The fourth-order valence-corrected chi connectivity index (χ4v) is 5.14. The van der Waals surface area contributed by atoms with Gasteiger partial charge in [-0.2, -0.15) is 0 Å². The molecule has 2 fully saturated rings. The number of likely N-dealkylation sites (N-methyl/N-ethyl adjacent to an activating group) is 1. The third-order valence-corrected chi connectivity index (χ3v) is 7.07. The lowest BCUT2D eigenvalue weighted by Crippen LogP contribution is -2.45. The molecular weight excluding hydrogens is 368 g/mol. The number of amides is 2. The average Bonchev–Trinajstić information content (AvgIpc) is 3.45. The normalized spacial score (nSPS) is 29.9. The number of aromatic nitrogens is 2. The number of imidazole rings is 1. The molecule has 4 heterocycles. The van der Waals surface area contributed by atoms with Gasteiger partial charge in [0.1, 0.15) is 11.4 Å². The lowest BCUT2D eigenvalue weighted by molar-refractivity contribution is -0.142. The number of carbonyl (C=O) groups is 2. The molecule has 0 aromatic carbocycles. The molecule has 2 bridgehead atoms. The molecule has 0 saturated carbocycles. The van der Waals surface area contributed by atoms with Crippen molar-refractivity contribution in [2.24, 2.45) is 17.8 Å². The maximum Gasteiger partial charge on any atom is 0.230 e. The Balaban J connectivity index is 1.47. The molecule has 4 rings (SSSR count). The van der Waals surface area contributed by atoms with Crippen molar-refractivity contribution in [2.45, 2.75) is 51.9 Å². The monoisotopic (exact) mass is 400 g/mol. The first kappa shape index (κ1) is 20.1. The minimum Gasteiger partial charge on any atom is -0.360 e. The number of hydrogen-bond donors (Lipinski definition) is 0. The highest BCUT2D eigenvalue weighted by atomic mass is 16.5. The molecule has 1 aromatic heterocycles. The molecule has 0 aliphatic carbocycles. The van der Waals surface area contributed by atoms with Crippen LogP contribution in [0.2, 0.25) is 0 Å². The Bertz CT molecular complexity index is 815. The molecule has 0 N–H and O–H groups in total. The van der Waals surface area contributed by atoms with Crippen LogP contribution in [0.5, 0.6) is 0 Å². The Kier molecular flexibility index (Phi) is 5.27. The molecule has 29 heavy (non-hydrogen) atoms. The van der Waals surface area contributed by atoms with Crippen LogP contribution >= 0.6 is 0 Å². The summed E-state index contributed by atoms with van der Waals surface area (Å²) < 4.78 is 8.28. The predicted octanol–water partition coefficient (Wildman–Crippen LogP) is 1.87. The predicted molar refractivity (Wildman–Crippen MR) is 109 cm³/mol. The molecule has 1 aromatic rings. The van der Waals surface area contributed by atoms with E-state index in [0.29, 0.717) is 25.6 Å². The van der Waals surface area contributed by atoms with Crippen LogP contribution in [0.25, 0.3) is 0 Å². The minimum absolute atomic E-state index is 0.00160. The summed E-state index contributed by atoms with van der Waals surface area (Å²) in [5.74, 6) is 0.692. The molecule has 158 valence electrons. The van der Waals surface area contributed by atoms with Crippen LogP contribution in [0.1, 0.15) is 32.5 Å². The molecule has 7 heteroatoms. The van der Waals surface area contributed by atoms with E-state index in [1.54, 1.807) is 11.1 Å². The van der Waals surface area contributed by atoms with E-state index in [0.717, 1.165) is 25.2 Å². The van der Waals surface area contributed by atoms with E-state index in [1.807, 2.05) is 41.8 Å². The summed E-state index contributed by atoms with van der Waals surface area (Å²) in [6, 6.07) is 0. The van der Waals surface area contributed by atoms with E-state index >= 15 is 0 Å². The van der Waals surface area contributed by atoms with Gasteiger partial charge in [-0.15, -0.1) is 0 Å². The third kappa shape index (κ3) is 3.29. The SMILES string of the molecule is CCC(CC)CN1C[C@@]23C=C[C@@H](O2)C(C(=O)N(C)CCn2ccnc2C)C3C1=O. The molecule has 7 nitrogen and oxygen atoms in total. The summed E-state index contributed by atoms with van der Waals surface area (Å²) >= 11 is 0. The highest BCUT2D eigenvalue weighted by molar-refractivity contribution is 5.93. The Hall–Kier alpha value is -2.15. The molecule has 3 aliphatic rings. The van der Waals surface area contributed by atoms with Gasteiger partial charge < -0.3 is 19.1 Å². The van der Waals surface area contributed by atoms with Gasteiger partial charge >= 0.3 is 0 Å². The molecule has 2 saturated heterocycles. The summed E-state index contributed by atoms with van der Waals surface area (Å²) in [5, 5.41) is 0. The smallest absolute Gasteiger partial charge is 0.230 e. The number of ether oxygens (including phenoxy) is 1. The van der Waals surface area contributed by atoms with E-state index in [9.17, 15) is 9.59 Å². The van der Waals surface area contributed by atoms with E-state index in [-0.39, 0.29) is 17.9 Å². The van der Waals surface area contributed by atoms with Crippen LogP contribution < -0.4 is 0 Å². The lowest BCUT2D eigenvalue weighted by Gasteiger charge is -2.28. The molecule has 2 unspecified atom stereocenters. The maximum absolute atomic E-state index is 13.3. The largest absolute Gasteiger partial charge is 0.360 e. The second kappa shape index (κ2) is 7.59. The zero-order chi connectivity index (χ0) is 20.8. The molecular formula is C22H32N4O3. The maximum atomic E-state index is 13.3. The highest BCUT2D eigenvalue weighted by Gasteiger charge is 2.67. The zero-order valence-corrected chi connectivity index (χ0v) is 17.9. The summed E-state index contributed by atoms with van der Waals surface area (Å²) in [5.41, 5.74) is -0.615. The Morgan fingerprint density at radius 1 is 1.41 bits per heavy atom. The van der Waals surface area contributed by atoms with Crippen molar-refractivity contribution >= 4 is 11.8 Å². The van der Waals surface area contributed by atoms with Gasteiger partial charge in [-0.25, -0.2) is 4.98 Å². The van der Waals surface area contributed by atoms with Crippen LogP contribution in [-0.2, 0) is 20.9 Å². The molecule has 2 amide bonds. The fourth-order valence-electron chi connectivity index (χ4n) is 5.14. The van der Waals surface area contributed by atoms with Crippen LogP contribution in [0, 0.1) is 24.7 Å². The first-order valence-corrected chi connectivity index (χ1v) is 10.8. The van der Waals surface area contributed by atoms with Gasteiger partial charge in [-0.05, 0) is 12.8 Å². The lowest BCUT2D eigenvalue weighted by atomic mass is 9.76. The van der Waals surface area contributed by atoms with Crippen LogP contribution in [0.15, 0.2) is 24.5 Å². The van der Waals surface area contributed by atoms with Crippen molar-refractivity contribution < 1.29 is 14.3 Å². The second-order valence-electron chi connectivity index (χ2n) is 8.73. The van der Waals surface area contributed by atoms with Gasteiger partial charge in [0, 0.05) is 39.1 Å². The number of hydrogen-bond acceptors (Lipinski definition) is 4. The zero-order valence-electron chi connectivity index (χ0n) is 17.9. The number of fused-ring (bicyclic) bond motifs is 1. The standard InChI is InChI=1S/C22H32N4O3/c1-5-16(6-2)13-26-14-22-8-7-17(29-22)18(19(22)21(26)28)20(27)24(4)11-12-25-10-9-23-15(25)3/h7-10,16-19H,5-6,11-14H2,1-4H3/t17-,18?,19?,22-/m1/s1. The average molecular weight is 401 g/mol. The summed E-state index contributed by atoms with van der Waals surface area (Å²) in [6.07, 6.45) is 9.52. The topological polar surface area (TPSA) is 67.7 Å². The van der Waals surface area contributed by atoms with Gasteiger partial charge in [0.15, 0.2) is 0 Å². The minimum atomic E-state index is -0.615. The molecule has 1 spiro atoms. The van der Waals surface area contributed by atoms with Gasteiger partial charge in [0.25, 0.3) is 0 Å². The van der Waals surface area contributed by atoms with Gasteiger partial charge in [0.05, 0.1) is 24.5 Å². The van der Waals surface area contributed by atoms with E-state index in [1.165, 1.54) is 0 Å². The van der Waals surface area contributed by atoms with Gasteiger partial charge in [-0.1, -0.05) is 38.8 Å². The van der Waals surface area contributed by atoms with Crippen LogP contribution in [0.4, 0.5) is 0 Å². The summed E-state index contributed by atoms with van der Waals surface area (Å²) in [7, 11) is 1.82.